The highest BCUT2D eigenvalue weighted by molar-refractivity contribution is 9.10. The van der Waals surface area contributed by atoms with Gasteiger partial charge < -0.3 is 4.74 Å². The molecule has 0 bridgehead atoms. The summed E-state index contributed by atoms with van der Waals surface area (Å²) < 4.78 is 6.38. The van der Waals surface area contributed by atoms with Crippen molar-refractivity contribution in [3.8, 4) is 5.75 Å². The second-order valence-electron chi connectivity index (χ2n) is 6.89. The van der Waals surface area contributed by atoms with Crippen LogP contribution in [0.25, 0.3) is 0 Å². The molecule has 0 aromatic heterocycles. The number of hydrogen-bond donors (Lipinski definition) is 1. The lowest BCUT2D eigenvalue weighted by Gasteiger charge is -2.20. The summed E-state index contributed by atoms with van der Waals surface area (Å²) in [6, 6.07) is 13.8. The normalized spacial score (nSPS) is 11.6. The standard InChI is InChI=1S/C20H23BrN2O2/c1-14-6-5-7-15(10-14)12-22-23-19(24)13-25-18-9-8-16(11-17(18)21)20(2,3)4/h5-12H,13H2,1-4H3,(H,23,24). The zero-order valence-electron chi connectivity index (χ0n) is 15.0. The average molecular weight is 403 g/mol. The van der Waals surface area contributed by atoms with Crippen LogP contribution in [0.1, 0.15) is 37.5 Å². The Bertz CT molecular complexity index is 780. The van der Waals surface area contributed by atoms with Gasteiger partial charge in [-0.2, -0.15) is 5.10 Å². The number of halogens is 1. The van der Waals surface area contributed by atoms with Crippen LogP contribution in [0, 0.1) is 6.92 Å². The molecule has 0 aliphatic rings. The van der Waals surface area contributed by atoms with Crippen LogP contribution in [0.4, 0.5) is 0 Å². The van der Waals surface area contributed by atoms with E-state index in [1.54, 1.807) is 6.21 Å². The van der Waals surface area contributed by atoms with Crippen molar-refractivity contribution in [2.75, 3.05) is 6.61 Å². The molecule has 1 amide bonds. The van der Waals surface area contributed by atoms with Crippen LogP contribution in [0.2, 0.25) is 0 Å². The van der Waals surface area contributed by atoms with Gasteiger partial charge >= 0.3 is 0 Å². The molecule has 5 heteroatoms. The third kappa shape index (κ3) is 6.02. The molecule has 25 heavy (non-hydrogen) atoms. The van der Waals surface area contributed by atoms with E-state index >= 15 is 0 Å². The third-order valence-corrected chi connectivity index (χ3v) is 4.22. The number of carbonyl (C=O) groups is 1. The number of nitrogens with one attached hydrogen (secondary N) is 1. The molecule has 0 spiro atoms. The number of rotatable bonds is 5. The fraction of sp³-hybridized carbons (Fsp3) is 0.300. The first-order chi connectivity index (χ1) is 11.8. The van der Waals surface area contributed by atoms with E-state index in [4.69, 9.17) is 4.74 Å². The maximum Gasteiger partial charge on any atom is 0.277 e. The van der Waals surface area contributed by atoms with Crippen LogP contribution >= 0.6 is 15.9 Å². The Balaban J connectivity index is 1.88. The third-order valence-electron chi connectivity index (χ3n) is 3.60. The molecule has 0 saturated carbocycles. The molecule has 0 fully saturated rings. The smallest absolute Gasteiger partial charge is 0.277 e. The van der Waals surface area contributed by atoms with Gasteiger partial charge in [0, 0.05) is 0 Å². The van der Waals surface area contributed by atoms with Crippen molar-refractivity contribution >= 4 is 28.1 Å². The molecular weight excluding hydrogens is 380 g/mol. The van der Waals surface area contributed by atoms with E-state index < -0.39 is 0 Å². The first kappa shape index (κ1) is 19.2. The molecule has 0 heterocycles. The summed E-state index contributed by atoms with van der Waals surface area (Å²) in [5, 5.41) is 3.95. The zero-order chi connectivity index (χ0) is 18.4. The van der Waals surface area contributed by atoms with Crippen molar-refractivity contribution in [1.29, 1.82) is 0 Å². The van der Waals surface area contributed by atoms with Crippen LogP contribution < -0.4 is 10.2 Å². The van der Waals surface area contributed by atoms with Gasteiger partial charge in [-0.3, -0.25) is 4.79 Å². The first-order valence-electron chi connectivity index (χ1n) is 8.07. The summed E-state index contributed by atoms with van der Waals surface area (Å²) in [6.45, 7) is 8.35. The van der Waals surface area contributed by atoms with Gasteiger partial charge in [-0.1, -0.05) is 56.7 Å². The minimum atomic E-state index is -0.310. The summed E-state index contributed by atoms with van der Waals surface area (Å²) in [5.41, 5.74) is 5.79. The van der Waals surface area contributed by atoms with Crippen LogP contribution in [-0.2, 0) is 10.2 Å². The van der Waals surface area contributed by atoms with E-state index in [9.17, 15) is 4.79 Å². The van der Waals surface area contributed by atoms with Gasteiger partial charge in [0.15, 0.2) is 6.61 Å². The van der Waals surface area contributed by atoms with Gasteiger partial charge in [0.2, 0.25) is 0 Å². The largest absolute Gasteiger partial charge is 0.483 e. The molecule has 4 nitrogen and oxygen atoms in total. The second kappa shape index (κ2) is 8.30. The fourth-order valence-electron chi connectivity index (χ4n) is 2.19. The van der Waals surface area contributed by atoms with Crippen LogP contribution in [0.15, 0.2) is 52.0 Å². The Labute approximate surface area is 157 Å². The van der Waals surface area contributed by atoms with Crippen molar-refractivity contribution in [3.63, 3.8) is 0 Å². The molecule has 0 saturated heterocycles. The number of carbonyl (C=O) groups excluding carboxylic acids is 1. The van der Waals surface area contributed by atoms with Crippen molar-refractivity contribution in [2.24, 2.45) is 5.10 Å². The van der Waals surface area contributed by atoms with Gasteiger partial charge in [-0.15, -0.1) is 0 Å². The molecule has 2 aromatic rings. The Morgan fingerprint density at radius 3 is 2.64 bits per heavy atom. The van der Waals surface area contributed by atoms with E-state index in [2.05, 4.69) is 47.2 Å². The van der Waals surface area contributed by atoms with Gasteiger partial charge in [-0.05, 0) is 51.5 Å². The lowest BCUT2D eigenvalue weighted by Crippen LogP contribution is -2.24. The Morgan fingerprint density at radius 2 is 2.00 bits per heavy atom. The lowest BCUT2D eigenvalue weighted by atomic mass is 9.87. The Kier molecular flexibility index (Phi) is 6.37. The minimum absolute atomic E-state index is 0.0585. The number of nitrogens with zero attached hydrogens (tertiary/aromatic N) is 1. The van der Waals surface area contributed by atoms with Crippen molar-refractivity contribution < 1.29 is 9.53 Å². The molecule has 132 valence electrons. The molecule has 0 aliphatic carbocycles. The SMILES string of the molecule is Cc1cccc(C=NNC(=O)COc2ccc(C(C)(C)C)cc2Br)c1. The highest BCUT2D eigenvalue weighted by Gasteiger charge is 2.15. The number of ether oxygens (including phenoxy) is 1. The van der Waals surface area contributed by atoms with E-state index in [-0.39, 0.29) is 17.9 Å². The molecule has 0 radical (unpaired) electrons. The predicted molar refractivity (Wildman–Crippen MR) is 105 cm³/mol. The Hall–Kier alpha value is -2.14. The number of hydrazone groups is 1. The fourth-order valence-corrected chi connectivity index (χ4v) is 2.68. The van der Waals surface area contributed by atoms with Gasteiger partial charge in [0.25, 0.3) is 5.91 Å². The second-order valence-corrected chi connectivity index (χ2v) is 7.75. The molecule has 0 unspecified atom stereocenters. The molecule has 2 rings (SSSR count). The summed E-state index contributed by atoms with van der Waals surface area (Å²) in [4.78, 5) is 11.8. The van der Waals surface area contributed by atoms with Crippen LogP contribution in [0.5, 0.6) is 5.75 Å². The maximum absolute atomic E-state index is 11.8. The van der Waals surface area contributed by atoms with Crippen LogP contribution in [-0.4, -0.2) is 18.7 Å². The lowest BCUT2D eigenvalue weighted by molar-refractivity contribution is -0.123. The van der Waals surface area contributed by atoms with Crippen molar-refractivity contribution in [3.05, 3.63) is 63.6 Å². The molecule has 0 atom stereocenters. The maximum atomic E-state index is 11.8. The summed E-state index contributed by atoms with van der Waals surface area (Å²) in [7, 11) is 0. The topological polar surface area (TPSA) is 50.7 Å². The molecule has 0 aliphatic heterocycles. The number of amides is 1. The first-order valence-corrected chi connectivity index (χ1v) is 8.86. The number of benzene rings is 2. The van der Waals surface area contributed by atoms with Gasteiger partial charge in [0.1, 0.15) is 5.75 Å². The van der Waals surface area contributed by atoms with Crippen molar-refractivity contribution in [1.82, 2.24) is 5.43 Å². The highest BCUT2D eigenvalue weighted by Crippen LogP contribution is 2.31. The molecule has 2 aromatic carbocycles. The average Bonchev–Trinajstić information content (AvgIpc) is 2.53. The van der Waals surface area contributed by atoms with Gasteiger partial charge in [-0.25, -0.2) is 5.43 Å². The van der Waals surface area contributed by atoms with E-state index in [0.717, 1.165) is 15.6 Å². The predicted octanol–water partition coefficient (Wildman–Crippen LogP) is 4.58. The van der Waals surface area contributed by atoms with E-state index in [1.807, 2.05) is 49.4 Å². The monoisotopic (exact) mass is 402 g/mol. The number of hydrogen-bond acceptors (Lipinski definition) is 3. The Morgan fingerprint density at radius 1 is 1.24 bits per heavy atom. The summed E-state index contributed by atoms with van der Waals surface area (Å²) >= 11 is 3.49. The zero-order valence-corrected chi connectivity index (χ0v) is 16.6. The number of aryl methyl sites for hydroxylation is 1. The summed E-state index contributed by atoms with van der Waals surface area (Å²) in [6.07, 6.45) is 1.61. The minimum Gasteiger partial charge on any atom is -0.483 e. The highest BCUT2D eigenvalue weighted by atomic mass is 79.9. The molecule has 1 N–H and O–H groups in total. The van der Waals surface area contributed by atoms with E-state index in [0.29, 0.717) is 5.75 Å². The quantitative estimate of drug-likeness (QED) is 0.587. The van der Waals surface area contributed by atoms with Gasteiger partial charge in [0.05, 0.1) is 10.7 Å². The molecular formula is C20H23BrN2O2. The van der Waals surface area contributed by atoms with Crippen LogP contribution in [0.3, 0.4) is 0 Å². The van der Waals surface area contributed by atoms with E-state index in [1.165, 1.54) is 5.56 Å². The summed E-state index contributed by atoms with van der Waals surface area (Å²) in [5.74, 6) is 0.321. The van der Waals surface area contributed by atoms with Crippen molar-refractivity contribution in [2.45, 2.75) is 33.1 Å².